The zero-order chi connectivity index (χ0) is 8.91. The summed E-state index contributed by atoms with van der Waals surface area (Å²) in [5.41, 5.74) is 0.159. The van der Waals surface area contributed by atoms with Crippen LogP contribution >= 0.6 is 0 Å². The van der Waals surface area contributed by atoms with Crippen LogP contribution in [0.4, 0.5) is 0 Å². The quantitative estimate of drug-likeness (QED) is 0.791. The Hall–Kier alpha value is 0.825. The van der Waals surface area contributed by atoms with Crippen LogP contribution in [0.15, 0.2) is 4.99 Å². The zero-order valence-corrected chi connectivity index (χ0v) is 12.2. The Bertz CT molecular complexity index is 143. The molecule has 0 fully saturated rings. The van der Waals surface area contributed by atoms with E-state index in [1.807, 2.05) is 20.8 Å². The molecule has 1 N–H and O–H groups in total. The standard InChI is InChI=1S/C9H19NO.La/c1-5-7-9(4,11)8(3)10-6-2;/h11H,5-7H2,1-4H3;. The fourth-order valence-electron chi connectivity index (χ4n) is 1.08. The molecule has 0 aromatic carbocycles. The van der Waals surface area contributed by atoms with Crippen LogP contribution in [0.1, 0.15) is 40.5 Å². The maximum Gasteiger partial charge on any atom is 0.0991 e. The van der Waals surface area contributed by atoms with Crippen LogP contribution < -0.4 is 0 Å². The summed E-state index contributed by atoms with van der Waals surface area (Å²) in [4.78, 5) is 4.18. The van der Waals surface area contributed by atoms with Gasteiger partial charge in [0.2, 0.25) is 0 Å². The summed E-state index contributed by atoms with van der Waals surface area (Å²) in [7, 11) is 0. The van der Waals surface area contributed by atoms with Crippen molar-refractivity contribution in [2.24, 2.45) is 4.99 Å². The minimum absolute atomic E-state index is 0. The van der Waals surface area contributed by atoms with E-state index in [-0.39, 0.29) is 35.6 Å². The second-order valence-electron chi connectivity index (χ2n) is 3.08. The minimum Gasteiger partial charge on any atom is -0.384 e. The molecule has 1 atom stereocenters. The molecule has 12 heavy (non-hydrogen) atoms. The van der Waals surface area contributed by atoms with Gasteiger partial charge in [0, 0.05) is 47.9 Å². The van der Waals surface area contributed by atoms with Crippen molar-refractivity contribution >= 4 is 5.71 Å². The Balaban J connectivity index is 0. The van der Waals surface area contributed by atoms with Gasteiger partial charge in [-0.2, -0.15) is 0 Å². The molecular formula is C9H19LaNO. The molecule has 0 heterocycles. The predicted molar refractivity (Wildman–Crippen MR) is 49.2 cm³/mol. The van der Waals surface area contributed by atoms with E-state index in [0.29, 0.717) is 0 Å². The minimum atomic E-state index is -0.690. The monoisotopic (exact) mass is 296 g/mol. The first-order chi connectivity index (χ1) is 5.04. The molecule has 0 aliphatic carbocycles. The summed E-state index contributed by atoms with van der Waals surface area (Å²) < 4.78 is 0. The Labute approximate surface area is 103 Å². The smallest absolute Gasteiger partial charge is 0.0991 e. The molecule has 0 aliphatic rings. The van der Waals surface area contributed by atoms with Gasteiger partial charge in [-0.1, -0.05) is 13.3 Å². The fraction of sp³-hybridized carbons (Fsp3) is 0.889. The zero-order valence-electron chi connectivity index (χ0n) is 8.59. The third kappa shape index (κ3) is 5.47. The van der Waals surface area contributed by atoms with Crippen LogP contribution in [0.5, 0.6) is 0 Å². The Morgan fingerprint density at radius 2 is 1.92 bits per heavy atom. The van der Waals surface area contributed by atoms with E-state index in [1.165, 1.54) is 0 Å². The molecule has 0 amide bonds. The molecule has 3 heteroatoms. The van der Waals surface area contributed by atoms with Crippen LogP contribution in [0, 0.1) is 35.6 Å². The molecule has 0 saturated heterocycles. The van der Waals surface area contributed by atoms with E-state index in [9.17, 15) is 5.11 Å². The maximum atomic E-state index is 9.78. The van der Waals surface area contributed by atoms with Crippen molar-refractivity contribution in [2.45, 2.75) is 46.1 Å². The SMILES string of the molecule is CCCC(C)(O)C(C)=NCC.[La]. The van der Waals surface area contributed by atoms with Crippen LogP contribution in [0.2, 0.25) is 0 Å². The Morgan fingerprint density at radius 1 is 1.42 bits per heavy atom. The van der Waals surface area contributed by atoms with Gasteiger partial charge < -0.3 is 5.11 Å². The first-order valence-electron chi connectivity index (χ1n) is 4.28. The van der Waals surface area contributed by atoms with Crippen LogP contribution in [0.25, 0.3) is 0 Å². The molecule has 0 aromatic rings. The average Bonchev–Trinajstić information content (AvgIpc) is 1.88. The summed E-state index contributed by atoms with van der Waals surface area (Å²) in [5, 5.41) is 9.78. The van der Waals surface area contributed by atoms with Gasteiger partial charge in [0.15, 0.2) is 0 Å². The van der Waals surface area contributed by atoms with Gasteiger partial charge in [0.05, 0.1) is 5.60 Å². The van der Waals surface area contributed by atoms with Crippen molar-refractivity contribution in [2.75, 3.05) is 6.54 Å². The van der Waals surface area contributed by atoms with Crippen molar-refractivity contribution in [3.8, 4) is 0 Å². The number of rotatable bonds is 4. The van der Waals surface area contributed by atoms with Gasteiger partial charge in [-0.25, -0.2) is 0 Å². The first kappa shape index (κ1) is 15.3. The fourth-order valence-corrected chi connectivity index (χ4v) is 1.08. The summed E-state index contributed by atoms with van der Waals surface area (Å²) in [6.07, 6.45) is 1.78. The average molecular weight is 296 g/mol. The second kappa shape index (κ2) is 7.25. The Morgan fingerprint density at radius 3 is 2.25 bits per heavy atom. The van der Waals surface area contributed by atoms with Gasteiger partial charge in [0.25, 0.3) is 0 Å². The van der Waals surface area contributed by atoms with E-state index in [0.717, 1.165) is 25.1 Å². The normalized spacial score (nSPS) is 16.6. The van der Waals surface area contributed by atoms with Gasteiger partial charge in [-0.15, -0.1) is 0 Å². The molecule has 0 saturated carbocycles. The third-order valence-electron chi connectivity index (χ3n) is 1.91. The topological polar surface area (TPSA) is 32.6 Å². The number of hydrogen-bond donors (Lipinski definition) is 1. The Kier molecular flexibility index (Phi) is 9.25. The molecule has 0 aliphatic heterocycles. The molecule has 0 aromatic heterocycles. The van der Waals surface area contributed by atoms with Crippen LogP contribution in [-0.4, -0.2) is 23.0 Å². The van der Waals surface area contributed by atoms with Crippen molar-refractivity contribution < 1.29 is 40.7 Å². The summed E-state index contributed by atoms with van der Waals surface area (Å²) in [6.45, 7) is 8.51. The second-order valence-corrected chi connectivity index (χ2v) is 3.08. The van der Waals surface area contributed by atoms with Gasteiger partial charge in [0.1, 0.15) is 0 Å². The molecule has 1 radical (unpaired) electrons. The van der Waals surface area contributed by atoms with Crippen LogP contribution in [0.3, 0.4) is 0 Å². The van der Waals surface area contributed by atoms with Crippen molar-refractivity contribution in [3.05, 3.63) is 0 Å². The summed E-state index contributed by atoms with van der Waals surface area (Å²) >= 11 is 0. The number of nitrogens with zero attached hydrogens (tertiary/aromatic N) is 1. The number of aliphatic hydroxyl groups is 1. The van der Waals surface area contributed by atoms with E-state index in [2.05, 4.69) is 11.9 Å². The van der Waals surface area contributed by atoms with E-state index < -0.39 is 5.60 Å². The van der Waals surface area contributed by atoms with Crippen molar-refractivity contribution in [1.82, 2.24) is 0 Å². The summed E-state index contributed by atoms with van der Waals surface area (Å²) in [5.74, 6) is 0. The largest absolute Gasteiger partial charge is 0.384 e. The molecular weight excluding hydrogens is 277 g/mol. The van der Waals surface area contributed by atoms with Crippen LogP contribution in [-0.2, 0) is 0 Å². The van der Waals surface area contributed by atoms with Crippen molar-refractivity contribution in [1.29, 1.82) is 0 Å². The maximum absolute atomic E-state index is 9.78. The third-order valence-corrected chi connectivity index (χ3v) is 1.91. The molecule has 1 unspecified atom stereocenters. The number of aliphatic imine (C=N–C) groups is 1. The van der Waals surface area contributed by atoms with Gasteiger partial charge in [-0.3, -0.25) is 4.99 Å². The van der Waals surface area contributed by atoms with E-state index in [1.54, 1.807) is 0 Å². The van der Waals surface area contributed by atoms with E-state index >= 15 is 0 Å². The molecule has 0 rings (SSSR count). The first-order valence-corrected chi connectivity index (χ1v) is 4.28. The van der Waals surface area contributed by atoms with Gasteiger partial charge in [-0.05, 0) is 27.2 Å². The van der Waals surface area contributed by atoms with Gasteiger partial charge >= 0.3 is 0 Å². The number of hydrogen-bond acceptors (Lipinski definition) is 2. The van der Waals surface area contributed by atoms with E-state index in [4.69, 9.17) is 0 Å². The molecule has 2 nitrogen and oxygen atoms in total. The summed E-state index contributed by atoms with van der Waals surface area (Å²) in [6, 6.07) is 0. The molecule has 0 spiro atoms. The molecule has 0 bridgehead atoms. The predicted octanol–water partition coefficient (Wildman–Crippen LogP) is 2.02. The van der Waals surface area contributed by atoms with Crippen molar-refractivity contribution in [3.63, 3.8) is 0 Å². The molecule has 69 valence electrons.